The third-order valence-corrected chi connectivity index (χ3v) is 3.39. The predicted molar refractivity (Wildman–Crippen MR) is 94.0 cm³/mol. The monoisotopic (exact) mass is 338 g/mol. The molecule has 1 aliphatic rings. The van der Waals surface area contributed by atoms with Crippen molar-refractivity contribution in [3.8, 4) is 29.1 Å². The van der Waals surface area contributed by atoms with E-state index in [1.54, 1.807) is 18.2 Å². The third kappa shape index (κ3) is 4.82. The number of nitrogens with one attached hydrogen (secondary N) is 2. The molecule has 0 fully saturated rings. The molecule has 6 heteroatoms. The van der Waals surface area contributed by atoms with Gasteiger partial charge < -0.3 is 24.8 Å². The number of anilines is 1. The summed E-state index contributed by atoms with van der Waals surface area (Å²) < 4.78 is 16.0. The van der Waals surface area contributed by atoms with E-state index in [4.69, 9.17) is 14.2 Å². The van der Waals surface area contributed by atoms with Gasteiger partial charge in [-0.25, -0.2) is 4.79 Å². The zero-order chi connectivity index (χ0) is 17.5. The fraction of sp³-hybridized carbons (Fsp3) is 0.211. The number of ether oxygens (including phenoxy) is 3. The molecule has 3 rings (SSSR count). The Hall–Kier alpha value is -3.33. The first-order valence-electron chi connectivity index (χ1n) is 7.80. The number of carbonyl (C=O) groups is 1. The third-order valence-electron chi connectivity index (χ3n) is 3.39. The molecule has 1 heterocycles. The first-order valence-corrected chi connectivity index (χ1v) is 7.80. The normalized spacial score (nSPS) is 11.2. The minimum atomic E-state index is -0.295. The number of aryl methyl sites for hydroxylation is 1. The van der Waals surface area contributed by atoms with Crippen molar-refractivity contribution < 1.29 is 19.0 Å². The standard InChI is InChI=1S/C19H18N2O4/c1-14-5-4-6-15(11-14)21-19(22)20-9-2-3-10-23-16-7-8-17-18(12-16)25-13-24-17/h4-8,11-12H,9-10,13H2,1H3,(H2,20,21,22). The SMILES string of the molecule is Cc1cccc(NC(=O)NCC#CCOc2ccc3c(c2)OCO3)c1. The molecule has 128 valence electrons. The molecule has 0 aromatic heterocycles. The van der Waals surface area contributed by atoms with Crippen molar-refractivity contribution in [2.45, 2.75) is 6.92 Å². The van der Waals surface area contributed by atoms with Crippen molar-refractivity contribution in [2.75, 3.05) is 25.3 Å². The second-order valence-electron chi connectivity index (χ2n) is 5.33. The van der Waals surface area contributed by atoms with E-state index in [0.717, 1.165) is 11.3 Å². The average molecular weight is 338 g/mol. The highest BCUT2D eigenvalue weighted by molar-refractivity contribution is 5.89. The molecule has 0 bridgehead atoms. The highest BCUT2D eigenvalue weighted by Crippen LogP contribution is 2.34. The average Bonchev–Trinajstić information content (AvgIpc) is 3.05. The first-order chi connectivity index (χ1) is 12.2. The summed E-state index contributed by atoms with van der Waals surface area (Å²) in [5, 5.41) is 5.42. The second kappa shape index (κ2) is 7.97. The maximum Gasteiger partial charge on any atom is 0.319 e. The number of fused-ring (bicyclic) bond motifs is 1. The summed E-state index contributed by atoms with van der Waals surface area (Å²) >= 11 is 0. The van der Waals surface area contributed by atoms with Gasteiger partial charge in [0.05, 0.1) is 6.54 Å². The van der Waals surface area contributed by atoms with E-state index in [2.05, 4.69) is 22.5 Å². The molecule has 6 nitrogen and oxygen atoms in total. The maximum atomic E-state index is 11.7. The van der Waals surface area contributed by atoms with E-state index in [1.165, 1.54) is 0 Å². The molecule has 0 spiro atoms. The topological polar surface area (TPSA) is 68.8 Å². The highest BCUT2D eigenvalue weighted by atomic mass is 16.7. The molecule has 0 saturated heterocycles. The quantitative estimate of drug-likeness (QED) is 0.841. The second-order valence-corrected chi connectivity index (χ2v) is 5.33. The van der Waals surface area contributed by atoms with Crippen molar-refractivity contribution in [1.29, 1.82) is 0 Å². The number of rotatable bonds is 4. The molecule has 2 aromatic rings. The largest absolute Gasteiger partial charge is 0.481 e. The fourth-order valence-electron chi connectivity index (χ4n) is 2.22. The fourth-order valence-corrected chi connectivity index (χ4v) is 2.22. The van der Waals surface area contributed by atoms with Crippen LogP contribution in [0.2, 0.25) is 0 Å². The lowest BCUT2D eigenvalue weighted by Gasteiger charge is -2.05. The van der Waals surface area contributed by atoms with Gasteiger partial charge in [0.15, 0.2) is 11.5 Å². The van der Waals surface area contributed by atoms with Crippen LogP contribution in [0.15, 0.2) is 42.5 Å². The van der Waals surface area contributed by atoms with Crippen LogP contribution in [-0.2, 0) is 0 Å². The van der Waals surface area contributed by atoms with Crippen LogP contribution >= 0.6 is 0 Å². The van der Waals surface area contributed by atoms with Crippen molar-refractivity contribution in [2.24, 2.45) is 0 Å². The molecule has 0 radical (unpaired) electrons. The van der Waals surface area contributed by atoms with Crippen LogP contribution in [0.3, 0.4) is 0 Å². The van der Waals surface area contributed by atoms with Crippen LogP contribution in [0.1, 0.15) is 5.56 Å². The van der Waals surface area contributed by atoms with Gasteiger partial charge in [0, 0.05) is 11.8 Å². The van der Waals surface area contributed by atoms with Gasteiger partial charge >= 0.3 is 6.03 Å². The molecule has 2 N–H and O–H groups in total. The Morgan fingerprint density at radius 2 is 2.04 bits per heavy atom. The van der Waals surface area contributed by atoms with Gasteiger partial charge in [0.25, 0.3) is 0 Å². The summed E-state index contributed by atoms with van der Waals surface area (Å²) in [5.41, 5.74) is 1.83. The van der Waals surface area contributed by atoms with E-state index >= 15 is 0 Å². The number of carbonyl (C=O) groups excluding carboxylic acids is 1. The van der Waals surface area contributed by atoms with Crippen molar-refractivity contribution >= 4 is 11.7 Å². The molecule has 2 amide bonds. The highest BCUT2D eigenvalue weighted by Gasteiger charge is 2.13. The summed E-state index contributed by atoms with van der Waals surface area (Å²) in [6.45, 7) is 2.66. The Balaban J connectivity index is 1.37. The summed E-state index contributed by atoms with van der Waals surface area (Å²) in [7, 11) is 0. The van der Waals surface area contributed by atoms with Crippen molar-refractivity contribution in [3.63, 3.8) is 0 Å². The van der Waals surface area contributed by atoms with Gasteiger partial charge in [-0.1, -0.05) is 24.0 Å². The van der Waals surface area contributed by atoms with Crippen LogP contribution in [0.4, 0.5) is 10.5 Å². The van der Waals surface area contributed by atoms with Crippen LogP contribution in [0.25, 0.3) is 0 Å². The molecule has 0 aliphatic carbocycles. The van der Waals surface area contributed by atoms with Crippen LogP contribution in [-0.4, -0.2) is 26.0 Å². The molecule has 2 aromatic carbocycles. The Morgan fingerprint density at radius 3 is 2.92 bits per heavy atom. The van der Waals surface area contributed by atoms with E-state index in [1.807, 2.05) is 31.2 Å². The van der Waals surface area contributed by atoms with Crippen molar-refractivity contribution in [3.05, 3.63) is 48.0 Å². The zero-order valence-corrected chi connectivity index (χ0v) is 13.8. The molecule has 0 unspecified atom stereocenters. The van der Waals surface area contributed by atoms with Gasteiger partial charge in [0.1, 0.15) is 12.4 Å². The van der Waals surface area contributed by atoms with Gasteiger partial charge in [-0.2, -0.15) is 0 Å². The number of hydrogen-bond acceptors (Lipinski definition) is 4. The lowest BCUT2D eigenvalue weighted by molar-refractivity contribution is 0.174. The van der Waals surface area contributed by atoms with Crippen LogP contribution < -0.4 is 24.8 Å². The van der Waals surface area contributed by atoms with Gasteiger partial charge in [-0.3, -0.25) is 0 Å². The number of hydrogen-bond donors (Lipinski definition) is 2. The Labute approximate surface area is 146 Å². The molecule has 0 atom stereocenters. The number of amides is 2. The minimum Gasteiger partial charge on any atom is -0.481 e. The summed E-state index contributed by atoms with van der Waals surface area (Å²) in [5.74, 6) is 7.71. The lowest BCUT2D eigenvalue weighted by atomic mass is 10.2. The van der Waals surface area contributed by atoms with Crippen molar-refractivity contribution in [1.82, 2.24) is 5.32 Å². The van der Waals surface area contributed by atoms with Gasteiger partial charge in [-0.05, 0) is 36.8 Å². The summed E-state index contributed by atoms with van der Waals surface area (Å²) in [6.07, 6.45) is 0. The van der Waals surface area contributed by atoms with Crippen LogP contribution in [0.5, 0.6) is 17.2 Å². The smallest absolute Gasteiger partial charge is 0.319 e. The van der Waals surface area contributed by atoms with E-state index in [-0.39, 0.29) is 26.0 Å². The van der Waals surface area contributed by atoms with Gasteiger partial charge in [0.2, 0.25) is 6.79 Å². The Kier molecular flexibility index (Phi) is 5.27. The number of urea groups is 1. The predicted octanol–water partition coefficient (Wildman–Crippen LogP) is 2.93. The van der Waals surface area contributed by atoms with E-state index in [0.29, 0.717) is 17.2 Å². The first kappa shape index (κ1) is 16.5. The lowest BCUT2D eigenvalue weighted by Crippen LogP contribution is -2.28. The summed E-state index contributed by atoms with van der Waals surface area (Å²) in [6, 6.07) is 12.6. The van der Waals surface area contributed by atoms with E-state index < -0.39 is 0 Å². The number of benzene rings is 2. The van der Waals surface area contributed by atoms with Gasteiger partial charge in [-0.15, -0.1) is 0 Å². The molecular formula is C19H18N2O4. The Bertz CT molecular complexity index is 824. The maximum absolute atomic E-state index is 11.7. The molecule has 25 heavy (non-hydrogen) atoms. The molecule has 0 saturated carbocycles. The van der Waals surface area contributed by atoms with Crippen LogP contribution in [0, 0.1) is 18.8 Å². The minimum absolute atomic E-state index is 0.223. The van der Waals surface area contributed by atoms with E-state index in [9.17, 15) is 4.79 Å². The summed E-state index contributed by atoms with van der Waals surface area (Å²) in [4.78, 5) is 11.7. The molecule has 1 aliphatic heterocycles. The molecular weight excluding hydrogens is 320 g/mol. The zero-order valence-electron chi connectivity index (χ0n) is 13.8. The Morgan fingerprint density at radius 1 is 1.16 bits per heavy atom.